The first kappa shape index (κ1) is 11.1. The fraction of sp³-hybridized carbons (Fsp3) is 0.333. The topological polar surface area (TPSA) is 55.1 Å². The molecular weight excluding hydrogens is 242 g/mol. The number of nitrogens with zero attached hydrogens (tertiary/aromatic N) is 2. The highest BCUT2D eigenvalue weighted by Gasteiger charge is 2.31. The first-order chi connectivity index (χ1) is 8.58. The highest BCUT2D eigenvalue weighted by atomic mass is 19.3. The van der Waals surface area contributed by atoms with E-state index in [1.807, 2.05) is 0 Å². The molecule has 0 aliphatic heterocycles. The summed E-state index contributed by atoms with van der Waals surface area (Å²) in [5.41, 5.74) is 0.957. The SMILES string of the molecule is O=C(O)c1ccc2c(c1)nc(C(F)F)n2C1CC1. The number of carboxylic acids is 1. The lowest BCUT2D eigenvalue weighted by atomic mass is 10.2. The van der Waals surface area contributed by atoms with Gasteiger partial charge in [-0.15, -0.1) is 0 Å². The zero-order valence-corrected chi connectivity index (χ0v) is 9.31. The van der Waals surface area contributed by atoms with Crippen molar-refractivity contribution in [3.05, 3.63) is 29.6 Å². The summed E-state index contributed by atoms with van der Waals surface area (Å²) in [6.07, 6.45) is -0.913. The highest BCUT2D eigenvalue weighted by Crippen LogP contribution is 2.40. The van der Waals surface area contributed by atoms with Crippen molar-refractivity contribution in [2.75, 3.05) is 0 Å². The number of benzene rings is 1. The van der Waals surface area contributed by atoms with E-state index in [0.717, 1.165) is 12.8 Å². The predicted octanol–water partition coefficient (Wildman–Crippen LogP) is 3.01. The summed E-state index contributed by atoms with van der Waals surface area (Å²) in [6.45, 7) is 0. The molecule has 2 aromatic rings. The second-order valence-electron chi connectivity index (χ2n) is 4.38. The number of carbonyl (C=O) groups is 1. The van der Waals surface area contributed by atoms with Crippen LogP contribution in [0.1, 0.15) is 41.5 Å². The Morgan fingerprint density at radius 2 is 2.17 bits per heavy atom. The van der Waals surface area contributed by atoms with Gasteiger partial charge in [0.05, 0.1) is 16.6 Å². The van der Waals surface area contributed by atoms with Crippen LogP contribution in [0.5, 0.6) is 0 Å². The van der Waals surface area contributed by atoms with E-state index < -0.39 is 12.4 Å². The van der Waals surface area contributed by atoms with Crippen LogP contribution in [0.2, 0.25) is 0 Å². The van der Waals surface area contributed by atoms with Crippen molar-refractivity contribution in [1.82, 2.24) is 9.55 Å². The maximum Gasteiger partial charge on any atom is 0.335 e. The number of fused-ring (bicyclic) bond motifs is 1. The van der Waals surface area contributed by atoms with Gasteiger partial charge in [-0.25, -0.2) is 18.6 Å². The van der Waals surface area contributed by atoms with Crippen molar-refractivity contribution in [3.8, 4) is 0 Å². The summed E-state index contributed by atoms with van der Waals surface area (Å²) in [4.78, 5) is 14.7. The molecular formula is C12H10F2N2O2. The molecule has 1 fully saturated rings. The molecule has 1 N–H and O–H groups in total. The Morgan fingerprint density at radius 1 is 1.44 bits per heavy atom. The number of rotatable bonds is 3. The van der Waals surface area contributed by atoms with Crippen LogP contribution in [0.3, 0.4) is 0 Å². The van der Waals surface area contributed by atoms with Gasteiger partial charge in [-0.1, -0.05) is 0 Å². The monoisotopic (exact) mass is 252 g/mol. The zero-order valence-electron chi connectivity index (χ0n) is 9.31. The third kappa shape index (κ3) is 1.64. The second kappa shape index (κ2) is 3.76. The van der Waals surface area contributed by atoms with Gasteiger partial charge in [-0.05, 0) is 31.0 Å². The fourth-order valence-corrected chi connectivity index (χ4v) is 2.12. The Morgan fingerprint density at radius 3 is 2.72 bits per heavy atom. The van der Waals surface area contributed by atoms with E-state index >= 15 is 0 Å². The molecule has 94 valence electrons. The predicted molar refractivity (Wildman–Crippen MR) is 59.9 cm³/mol. The molecule has 0 radical (unpaired) electrons. The molecule has 1 aromatic heterocycles. The minimum Gasteiger partial charge on any atom is -0.478 e. The molecule has 0 bridgehead atoms. The number of hydrogen-bond donors (Lipinski definition) is 1. The van der Waals surface area contributed by atoms with Crippen molar-refractivity contribution < 1.29 is 18.7 Å². The maximum atomic E-state index is 12.9. The van der Waals surface area contributed by atoms with E-state index in [-0.39, 0.29) is 17.4 Å². The largest absolute Gasteiger partial charge is 0.478 e. The Labute approximate surface area is 101 Å². The number of alkyl halides is 2. The van der Waals surface area contributed by atoms with E-state index in [1.165, 1.54) is 16.7 Å². The van der Waals surface area contributed by atoms with Crippen LogP contribution in [-0.2, 0) is 0 Å². The first-order valence-electron chi connectivity index (χ1n) is 5.61. The first-order valence-corrected chi connectivity index (χ1v) is 5.61. The molecule has 1 saturated carbocycles. The normalized spacial score (nSPS) is 15.5. The van der Waals surface area contributed by atoms with E-state index in [2.05, 4.69) is 4.98 Å². The fourth-order valence-electron chi connectivity index (χ4n) is 2.12. The number of hydrogen-bond acceptors (Lipinski definition) is 2. The van der Waals surface area contributed by atoms with Crippen molar-refractivity contribution in [3.63, 3.8) is 0 Å². The van der Waals surface area contributed by atoms with Gasteiger partial charge in [0.1, 0.15) is 0 Å². The van der Waals surface area contributed by atoms with E-state index in [1.54, 1.807) is 6.07 Å². The molecule has 1 aliphatic rings. The summed E-state index contributed by atoms with van der Waals surface area (Å²) >= 11 is 0. The molecule has 18 heavy (non-hydrogen) atoms. The van der Waals surface area contributed by atoms with Crippen molar-refractivity contribution in [2.45, 2.75) is 25.3 Å². The van der Waals surface area contributed by atoms with Gasteiger partial charge in [0.15, 0.2) is 5.82 Å². The lowest BCUT2D eigenvalue weighted by Gasteiger charge is -2.06. The van der Waals surface area contributed by atoms with Gasteiger partial charge in [-0.3, -0.25) is 0 Å². The Hall–Kier alpha value is -1.98. The summed E-state index contributed by atoms with van der Waals surface area (Å²) in [5, 5.41) is 8.87. The molecule has 0 unspecified atom stereocenters. The molecule has 6 heteroatoms. The third-order valence-corrected chi connectivity index (χ3v) is 3.07. The van der Waals surface area contributed by atoms with Gasteiger partial charge < -0.3 is 9.67 Å². The molecule has 0 amide bonds. The third-order valence-electron chi connectivity index (χ3n) is 3.07. The molecule has 4 nitrogen and oxygen atoms in total. The van der Waals surface area contributed by atoms with Gasteiger partial charge in [0.2, 0.25) is 0 Å². The lowest BCUT2D eigenvalue weighted by molar-refractivity contribution is 0.0697. The molecule has 0 spiro atoms. The van der Waals surface area contributed by atoms with E-state index in [4.69, 9.17) is 5.11 Å². The Balaban J connectivity index is 2.23. The van der Waals surface area contributed by atoms with Crippen molar-refractivity contribution >= 4 is 17.0 Å². The van der Waals surface area contributed by atoms with Crippen molar-refractivity contribution in [2.24, 2.45) is 0 Å². The number of carboxylic acid groups (broad SMARTS) is 1. The zero-order chi connectivity index (χ0) is 12.9. The summed E-state index contributed by atoms with van der Waals surface area (Å²) in [5.74, 6) is -1.36. The number of aromatic nitrogens is 2. The minimum absolute atomic E-state index is 0.0590. The Bertz CT molecular complexity index is 632. The maximum absolute atomic E-state index is 12.9. The molecule has 1 heterocycles. The van der Waals surface area contributed by atoms with Crippen LogP contribution in [-0.4, -0.2) is 20.6 Å². The molecule has 1 aromatic carbocycles. The van der Waals surface area contributed by atoms with Crippen LogP contribution in [0, 0.1) is 0 Å². The number of aromatic carboxylic acids is 1. The highest BCUT2D eigenvalue weighted by molar-refractivity contribution is 5.92. The van der Waals surface area contributed by atoms with E-state index in [0.29, 0.717) is 11.0 Å². The standard InChI is InChI=1S/C12H10F2N2O2/c13-10(14)11-15-8-5-6(12(17)18)1-4-9(8)16(11)7-2-3-7/h1,4-5,7,10H,2-3H2,(H,17,18). The number of halogens is 2. The Kier molecular flexibility index (Phi) is 2.33. The molecule has 0 atom stereocenters. The van der Waals surface area contributed by atoms with Gasteiger partial charge in [-0.2, -0.15) is 0 Å². The van der Waals surface area contributed by atoms with Crippen LogP contribution >= 0.6 is 0 Å². The smallest absolute Gasteiger partial charge is 0.335 e. The van der Waals surface area contributed by atoms with Gasteiger partial charge in [0, 0.05) is 6.04 Å². The quantitative estimate of drug-likeness (QED) is 0.913. The average Bonchev–Trinajstić information content (AvgIpc) is 3.08. The van der Waals surface area contributed by atoms with Crippen LogP contribution < -0.4 is 0 Å². The second-order valence-corrected chi connectivity index (χ2v) is 4.38. The van der Waals surface area contributed by atoms with Crippen molar-refractivity contribution in [1.29, 1.82) is 0 Å². The molecule has 3 rings (SSSR count). The minimum atomic E-state index is -2.65. The summed E-state index contributed by atoms with van der Waals surface area (Å²) in [6, 6.07) is 4.38. The lowest BCUT2D eigenvalue weighted by Crippen LogP contribution is -2.01. The van der Waals surface area contributed by atoms with Crippen LogP contribution in [0.15, 0.2) is 18.2 Å². The number of imidazole rings is 1. The van der Waals surface area contributed by atoms with Crippen LogP contribution in [0.25, 0.3) is 11.0 Å². The molecule has 1 aliphatic carbocycles. The average molecular weight is 252 g/mol. The molecule has 0 saturated heterocycles. The van der Waals surface area contributed by atoms with Gasteiger partial charge in [0.25, 0.3) is 6.43 Å². The van der Waals surface area contributed by atoms with E-state index in [9.17, 15) is 13.6 Å². The van der Waals surface area contributed by atoms with Gasteiger partial charge >= 0.3 is 5.97 Å². The summed E-state index contributed by atoms with van der Waals surface area (Å²) in [7, 11) is 0. The summed E-state index contributed by atoms with van der Waals surface area (Å²) < 4.78 is 27.4. The van der Waals surface area contributed by atoms with Crippen LogP contribution in [0.4, 0.5) is 8.78 Å².